The van der Waals surface area contributed by atoms with Crippen molar-refractivity contribution in [2.24, 2.45) is 5.41 Å². The van der Waals surface area contributed by atoms with Crippen LogP contribution in [-0.4, -0.2) is 43.1 Å². The van der Waals surface area contributed by atoms with Crippen molar-refractivity contribution < 1.29 is 14.0 Å². The SMILES string of the molecule is CC(C)(C/C=C1/C(=O)OCC1O[Si](c1ccccc1)(c1ccccc1)C(C)(C)C)C1SCCCS1. The molecule has 0 saturated carbocycles. The molecule has 0 aliphatic carbocycles. The number of carbonyl (C=O) groups excluding carboxylic acids is 1. The van der Waals surface area contributed by atoms with Crippen molar-refractivity contribution in [1.82, 2.24) is 0 Å². The van der Waals surface area contributed by atoms with Crippen LogP contribution >= 0.6 is 23.5 Å². The van der Waals surface area contributed by atoms with E-state index in [1.54, 1.807) is 0 Å². The van der Waals surface area contributed by atoms with Crippen LogP contribution in [0.2, 0.25) is 5.04 Å². The monoisotopic (exact) mass is 526 g/mol. The lowest BCUT2D eigenvalue weighted by molar-refractivity contribution is -0.135. The first-order valence-corrected chi connectivity index (χ1v) is 16.5. The number of allylic oxidation sites excluding steroid dienone is 1. The Morgan fingerprint density at radius 1 is 0.943 bits per heavy atom. The van der Waals surface area contributed by atoms with Crippen molar-refractivity contribution in [2.45, 2.75) is 63.2 Å². The normalized spacial score (nSPS) is 21.3. The van der Waals surface area contributed by atoms with Crippen LogP contribution in [0.1, 0.15) is 47.5 Å². The summed E-state index contributed by atoms with van der Waals surface area (Å²) >= 11 is 4.11. The lowest BCUT2D eigenvalue weighted by atomic mass is 9.90. The molecule has 3 nitrogen and oxygen atoms in total. The summed E-state index contributed by atoms with van der Waals surface area (Å²) in [6, 6.07) is 21.2. The van der Waals surface area contributed by atoms with Gasteiger partial charge >= 0.3 is 5.97 Å². The number of carbonyl (C=O) groups is 1. The minimum Gasteiger partial charge on any atom is -0.459 e. The van der Waals surface area contributed by atoms with Gasteiger partial charge in [-0.15, -0.1) is 23.5 Å². The zero-order valence-corrected chi connectivity index (χ0v) is 24.2. The molecule has 2 fully saturated rings. The first kappa shape index (κ1) is 26.6. The van der Waals surface area contributed by atoms with Gasteiger partial charge in [0.2, 0.25) is 0 Å². The van der Waals surface area contributed by atoms with E-state index in [0.29, 0.717) is 10.2 Å². The summed E-state index contributed by atoms with van der Waals surface area (Å²) in [6.45, 7) is 11.7. The van der Waals surface area contributed by atoms with Crippen LogP contribution in [0.3, 0.4) is 0 Å². The molecular formula is C29H38O3S2Si. The number of cyclic esters (lactones) is 1. The van der Waals surface area contributed by atoms with Crippen molar-refractivity contribution in [3.05, 3.63) is 72.3 Å². The van der Waals surface area contributed by atoms with E-state index in [1.807, 2.05) is 12.1 Å². The maximum Gasteiger partial charge on any atom is 0.336 e. The second kappa shape index (κ2) is 10.9. The molecular weight excluding hydrogens is 489 g/mol. The molecule has 188 valence electrons. The molecule has 2 aliphatic heterocycles. The smallest absolute Gasteiger partial charge is 0.336 e. The van der Waals surface area contributed by atoms with Gasteiger partial charge in [-0.1, -0.05) is 101 Å². The quantitative estimate of drug-likeness (QED) is 0.250. The van der Waals surface area contributed by atoms with Gasteiger partial charge in [-0.2, -0.15) is 0 Å². The highest BCUT2D eigenvalue weighted by atomic mass is 32.2. The standard InChI is InChI=1S/C29H38O3S2Si/c1-28(2,3)35(22-13-8-6-9-14-22,23-15-10-7-11-16-23)32-25-21-31-26(30)24(25)17-18-29(4,5)27-33-19-12-20-34-27/h6-11,13-17,25,27H,12,18-21H2,1-5H3/b24-17+. The second-order valence-corrected chi connectivity index (χ2v) is 18.1. The lowest BCUT2D eigenvalue weighted by Gasteiger charge is -2.44. The fourth-order valence-corrected chi connectivity index (χ4v) is 13.0. The Morgan fingerprint density at radius 3 is 2.00 bits per heavy atom. The summed E-state index contributed by atoms with van der Waals surface area (Å²) in [5, 5.41) is 2.28. The van der Waals surface area contributed by atoms with Crippen LogP contribution in [0.25, 0.3) is 0 Å². The summed E-state index contributed by atoms with van der Waals surface area (Å²) in [5.41, 5.74) is 0.782. The molecule has 6 heteroatoms. The van der Waals surface area contributed by atoms with Gasteiger partial charge in [0.05, 0.1) is 10.2 Å². The highest BCUT2D eigenvalue weighted by Crippen LogP contribution is 2.45. The van der Waals surface area contributed by atoms with E-state index in [9.17, 15) is 4.79 Å². The Labute approximate surface area is 220 Å². The molecule has 2 heterocycles. The van der Waals surface area contributed by atoms with Crippen LogP contribution in [-0.2, 0) is 14.0 Å². The molecule has 4 rings (SSSR count). The van der Waals surface area contributed by atoms with Crippen molar-refractivity contribution in [3.8, 4) is 0 Å². The number of hydrogen-bond donors (Lipinski definition) is 0. The topological polar surface area (TPSA) is 35.5 Å². The number of hydrogen-bond acceptors (Lipinski definition) is 5. The van der Waals surface area contributed by atoms with Crippen molar-refractivity contribution in [2.75, 3.05) is 18.1 Å². The minimum absolute atomic E-state index is 0.0909. The third kappa shape index (κ3) is 5.61. The van der Waals surface area contributed by atoms with Gasteiger partial charge in [-0.3, -0.25) is 0 Å². The fourth-order valence-electron chi connectivity index (χ4n) is 5.08. The van der Waals surface area contributed by atoms with Gasteiger partial charge in [0.1, 0.15) is 12.7 Å². The molecule has 0 amide bonds. The van der Waals surface area contributed by atoms with Gasteiger partial charge in [0.15, 0.2) is 0 Å². The molecule has 0 spiro atoms. The number of rotatable bonds is 7. The van der Waals surface area contributed by atoms with Crippen LogP contribution in [0.5, 0.6) is 0 Å². The average molecular weight is 527 g/mol. The van der Waals surface area contributed by atoms with Crippen LogP contribution in [0, 0.1) is 5.41 Å². The highest BCUT2D eigenvalue weighted by Gasteiger charge is 2.53. The molecule has 2 saturated heterocycles. The molecule has 0 radical (unpaired) electrons. The lowest BCUT2D eigenvalue weighted by Crippen LogP contribution is -2.67. The summed E-state index contributed by atoms with van der Waals surface area (Å²) in [6.07, 6.45) is 3.87. The second-order valence-electron chi connectivity index (χ2n) is 11.1. The Balaban J connectivity index is 1.71. The highest BCUT2D eigenvalue weighted by molar-refractivity contribution is 8.17. The maximum atomic E-state index is 12.9. The van der Waals surface area contributed by atoms with E-state index in [4.69, 9.17) is 9.16 Å². The molecule has 1 unspecified atom stereocenters. The van der Waals surface area contributed by atoms with E-state index in [0.717, 1.165) is 6.42 Å². The van der Waals surface area contributed by atoms with Gasteiger partial charge in [0, 0.05) is 0 Å². The minimum atomic E-state index is -2.77. The molecule has 2 aromatic carbocycles. The van der Waals surface area contributed by atoms with Gasteiger partial charge < -0.3 is 9.16 Å². The average Bonchev–Trinajstić information content (AvgIpc) is 3.21. The summed E-state index contributed by atoms with van der Waals surface area (Å²) in [7, 11) is -2.77. The Kier molecular flexibility index (Phi) is 8.26. The first-order valence-electron chi connectivity index (χ1n) is 12.5. The molecule has 35 heavy (non-hydrogen) atoms. The van der Waals surface area contributed by atoms with E-state index in [1.165, 1.54) is 28.3 Å². The Bertz CT molecular complexity index is 985. The summed E-state index contributed by atoms with van der Waals surface area (Å²) in [5.74, 6) is 2.21. The first-order chi connectivity index (χ1) is 16.6. The van der Waals surface area contributed by atoms with Crippen LogP contribution < -0.4 is 10.4 Å². The van der Waals surface area contributed by atoms with E-state index in [-0.39, 0.29) is 29.1 Å². The third-order valence-electron chi connectivity index (χ3n) is 7.00. The van der Waals surface area contributed by atoms with Gasteiger partial charge in [-0.25, -0.2) is 4.79 Å². The Hall–Kier alpha value is -1.47. The van der Waals surface area contributed by atoms with Crippen molar-refractivity contribution >= 4 is 48.2 Å². The number of thioether (sulfide) groups is 2. The molecule has 1 atom stereocenters. The molecule has 0 bridgehead atoms. The third-order valence-corrected chi connectivity index (χ3v) is 15.8. The molecule has 0 aromatic heterocycles. The predicted octanol–water partition coefficient (Wildman–Crippen LogP) is 6.03. The van der Waals surface area contributed by atoms with Gasteiger partial charge in [-0.05, 0) is 45.2 Å². The molecule has 0 N–H and O–H groups in total. The summed E-state index contributed by atoms with van der Waals surface area (Å²) in [4.78, 5) is 12.9. The zero-order valence-electron chi connectivity index (χ0n) is 21.6. The maximum absolute atomic E-state index is 12.9. The summed E-state index contributed by atoms with van der Waals surface area (Å²) < 4.78 is 13.4. The number of benzene rings is 2. The van der Waals surface area contributed by atoms with E-state index in [2.05, 4.69) is 113 Å². The molecule has 2 aliphatic rings. The number of esters is 1. The zero-order chi connectivity index (χ0) is 25.1. The van der Waals surface area contributed by atoms with Crippen LogP contribution in [0.15, 0.2) is 72.3 Å². The largest absolute Gasteiger partial charge is 0.459 e. The number of ether oxygens (including phenoxy) is 1. The van der Waals surface area contributed by atoms with Crippen molar-refractivity contribution in [3.63, 3.8) is 0 Å². The van der Waals surface area contributed by atoms with Crippen molar-refractivity contribution in [1.29, 1.82) is 0 Å². The Morgan fingerprint density at radius 2 is 1.49 bits per heavy atom. The van der Waals surface area contributed by atoms with E-state index < -0.39 is 8.32 Å². The van der Waals surface area contributed by atoms with Crippen LogP contribution in [0.4, 0.5) is 0 Å². The van der Waals surface area contributed by atoms with E-state index >= 15 is 0 Å². The fraction of sp³-hybridized carbons (Fsp3) is 0.483. The predicted molar refractivity (Wildman–Crippen MR) is 153 cm³/mol. The van der Waals surface area contributed by atoms with Gasteiger partial charge in [0.25, 0.3) is 8.32 Å². The molecule has 2 aromatic rings.